The fraction of sp³-hybridized carbons (Fsp3) is 0.500. The molecule has 7 heteroatoms. The fourth-order valence-corrected chi connectivity index (χ4v) is 1.88. The Balaban J connectivity index is 2.77. The van der Waals surface area contributed by atoms with E-state index >= 15 is 0 Å². The maximum atomic E-state index is 12.4. The van der Waals surface area contributed by atoms with E-state index in [4.69, 9.17) is 10.00 Å². The largest absolute Gasteiger partial charge is 0.405 e. The van der Waals surface area contributed by atoms with Crippen LogP contribution in [0, 0.1) is 11.3 Å². The summed E-state index contributed by atoms with van der Waals surface area (Å²) in [4.78, 5) is 1.03. The Morgan fingerprint density at radius 2 is 2.10 bits per heavy atom. The number of nitriles is 1. The molecule has 4 nitrogen and oxygen atoms in total. The second-order valence-electron chi connectivity index (χ2n) is 4.60. The smallest absolute Gasteiger partial charge is 0.383 e. The first-order valence-electron chi connectivity index (χ1n) is 6.38. The number of hydrogen-bond donors (Lipinski definition) is 1. The lowest BCUT2D eigenvalue weighted by atomic mass is 10.1. The molecular formula is C14H18F3N3O. The van der Waals surface area contributed by atoms with Gasteiger partial charge in [0.15, 0.2) is 0 Å². The van der Waals surface area contributed by atoms with Gasteiger partial charge in [0.05, 0.1) is 17.9 Å². The van der Waals surface area contributed by atoms with Gasteiger partial charge in [-0.1, -0.05) is 6.07 Å². The molecule has 0 heterocycles. The quantitative estimate of drug-likeness (QED) is 0.785. The molecule has 0 saturated carbocycles. The molecule has 0 aliphatic heterocycles. The summed E-state index contributed by atoms with van der Waals surface area (Å²) in [6.07, 6.45) is -4.30. The molecule has 1 aromatic rings. The Kier molecular flexibility index (Phi) is 6.46. The average molecular weight is 301 g/mol. The summed E-state index contributed by atoms with van der Waals surface area (Å²) in [6, 6.07) is 6.79. The van der Waals surface area contributed by atoms with E-state index in [0.29, 0.717) is 19.7 Å². The minimum Gasteiger partial charge on any atom is -0.383 e. The SMILES string of the molecule is COCCNCc1ccc(N(C)CC(F)(F)F)c(C#N)c1. The molecule has 0 aromatic heterocycles. The summed E-state index contributed by atoms with van der Waals surface area (Å²) in [6.45, 7) is 0.667. The zero-order valence-corrected chi connectivity index (χ0v) is 12.0. The molecule has 0 aliphatic rings. The predicted octanol–water partition coefficient (Wildman–Crippen LogP) is 2.29. The third-order valence-corrected chi connectivity index (χ3v) is 2.82. The van der Waals surface area contributed by atoms with Crippen LogP contribution in [-0.2, 0) is 11.3 Å². The van der Waals surface area contributed by atoms with Gasteiger partial charge in [-0.3, -0.25) is 0 Å². The van der Waals surface area contributed by atoms with Crippen LogP contribution in [0.1, 0.15) is 11.1 Å². The number of halogens is 3. The van der Waals surface area contributed by atoms with Crippen molar-refractivity contribution in [3.8, 4) is 6.07 Å². The highest BCUT2D eigenvalue weighted by Gasteiger charge is 2.30. The highest BCUT2D eigenvalue weighted by Crippen LogP contribution is 2.24. The maximum absolute atomic E-state index is 12.4. The standard InChI is InChI=1S/C14H18F3N3O/c1-20(10-14(15,16)17)13-4-3-11(7-12(13)8-18)9-19-5-6-21-2/h3-4,7,19H,5-6,9-10H2,1-2H3. The summed E-state index contributed by atoms with van der Waals surface area (Å²) in [7, 11) is 2.92. The second-order valence-corrected chi connectivity index (χ2v) is 4.60. The van der Waals surface area contributed by atoms with E-state index in [1.54, 1.807) is 19.2 Å². The van der Waals surface area contributed by atoms with Gasteiger partial charge in [-0.05, 0) is 17.7 Å². The first-order valence-corrected chi connectivity index (χ1v) is 6.38. The van der Waals surface area contributed by atoms with E-state index in [1.807, 2.05) is 6.07 Å². The molecule has 0 saturated heterocycles. The van der Waals surface area contributed by atoms with Crippen LogP contribution in [0.15, 0.2) is 18.2 Å². The summed E-state index contributed by atoms with van der Waals surface area (Å²) in [5, 5.41) is 12.2. The minimum atomic E-state index is -4.30. The van der Waals surface area contributed by atoms with Crippen molar-refractivity contribution in [1.29, 1.82) is 5.26 Å². The van der Waals surface area contributed by atoms with Crippen LogP contribution in [-0.4, -0.2) is 40.0 Å². The normalized spacial score (nSPS) is 11.2. The van der Waals surface area contributed by atoms with Gasteiger partial charge in [-0.25, -0.2) is 0 Å². The topological polar surface area (TPSA) is 48.3 Å². The monoisotopic (exact) mass is 301 g/mol. The van der Waals surface area contributed by atoms with Crippen LogP contribution < -0.4 is 10.2 Å². The number of rotatable bonds is 7. The highest BCUT2D eigenvalue weighted by atomic mass is 19.4. The van der Waals surface area contributed by atoms with E-state index in [9.17, 15) is 13.2 Å². The Morgan fingerprint density at radius 1 is 1.38 bits per heavy atom. The molecule has 0 aliphatic carbocycles. The minimum absolute atomic E-state index is 0.229. The summed E-state index contributed by atoms with van der Waals surface area (Å²) < 4.78 is 42.1. The molecular weight excluding hydrogens is 283 g/mol. The molecule has 0 radical (unpaired) electrons. The van der Waals surface area contributed by atoms with Gasteiger partial charge in [0.25, 0.3) is 0 Å². The van der Waals surface area contributed by atoms with Crippen molar-refractivity contribution in [2.24, 2.45) is 0 Å². The number of hydrogen-bond acceptors (Lipinski definition) is 4. The van der Waals surface area contributed by atoms with Crippen molar-refractivity contribution in [2.45, 2.75) is 12.7 Å². The third-order valence-electron chi connectivity index (χ3n) is 2.82. The first-order chi connectivity index (χ1) is 9.87. The van der Waals surface area contributed by atoms with Crippen LogP contribution in [0.25, 0.3) is 0 Å². The van der Waals surface area contributed by atoms with Gasteiger partial charge in [0.2, 0.25) is 0 Å². The lowest BCUT2D eigenvalue weighted by Crippen LogP contribution is -2.31. The molecule has 0 fully saturated rings. The number of alkyl halides is 3. The van der Waals surface area contributed by atoms with Crippen molar-refractivity contribution in [1.82, 2.24) is 5.32 Å². The van der Waals surface area contributed by atoms with E-state index in [2.05, 4.69) is 5.32 Å². The second kappa shape index (κ2) is 7.86. The molecule has 0 atom stereocenters. The van der Waals surface area contributed by atoms with E-state index in [0.717, 1.165) is 10.5 Å². The zero-order valence-electron chi connectivity index (χ0n) is 12.0. The molecule has 116 valence electrons. The number of nitrogens with one attached hydrogen (secondary N) is 1. The lowest BCUT2D eigenvalue weighted by molar-refractivity contribution is -0.119. The third kappa shape index (κ3) is 6.02. The van der Waals surface area contributed by atoms with Gasteiger partial charge >= 0.3 is 6.18 Å². The van der Waals surface area contributed by atoms with Crippen LogP contribution in [0.5, 0.6) is 0 Å². The Morgan fingerprint density at radius 3 is 2.67 bits per heavy atom. The van der Waals surface area contributed by atoms with Gasteiger partial charge in [0.1, 0.15) is 12.6 Å². The number of methoxy groups -OCH3 is 1. The van der Waals surface area contributed by atoms with Crippen molar-refractivity contribution in [2.75, 3.05) is 38.8 Å². The molecule has 0 amide bonds. The maximum Gasteiger partial charge on any atom is 0.405 e. The average Bonchev–Trinajstić information content (AvgIpc) is 2.41. The number of anilines is 1. The Bertz CT molecular complexity index is 497. The summed E-state index contributed by atoms with van der Waals surface area (Å²) in [5.41, 5.74) is 1.34. The van der Waals surface area contributed by atoms with Crippen molar-refractivity contribution >= 4 is 5.69 Å². The van der Waals surface area contributed by atoms with Gasteiger partial charge in [-0.2, -0.15) is 18.4 Å². The fourth-order valence-electron chi connectivity index (χ4n) is 1.88. The van der Waals surface area contributed by atoms with Gasteiger partial charge in [0, 0.05) is 27.2 Å². The van der Waals surface area contributed by atoms with E-state index in [-0.39, 0.29) is 11.3 Å². The molecule has 0 unspecified atom stereocenters. The van der Waals surface area contributed by atoms with E-state index in [1.165, 1.54) is 13.1 Å². The van der Waals surface area contributed by atoms with Crippen molar-refractivity contribution in [3.63, 3.8) is 0 Å². The lowest BCUT2D eigenvalue weighted by Gasteiger charge is -2.22. The van der Waals surface area contributed by atoms with Crippen LogP contribution in [0.2, 0.25) is 0 Å². The number of ether oxygens (including phenoxy) is 1. The summed E-state index contributed by atoms with van der Waals surface area (Å²) >= 11 is 0. The zero-order chi connectivity index (χ0) is 15.9. The Hall–Kier alpha value is -1.78. The molecule has 21 heavy (non-hydrogen) atoms. The highest BCUT2D eigenvalue weighted by molar-refractivity contribution is 5.60. The van der Waals surface area contributed by atoms with Crippen LogP contribution in [0.3, 0.4) is 0 Å². The van der Waals surface area contributed by atoms with Crippen molar-refractivity contribution < 1.29 is 17.9 Å². The molecule has 1 N–H and O–H groups in total. The van der Waals surface area contributed by atoms with Crippen LogP contribution >= 0.6 is 0 Å². The van der Waals surface area contributed by atoms with E-state index < -0.39 is 12.7 Å². The number of nitrogens with zero attached hydrogens (tertiary/aromatic N) is 2. The van der Waals surface area contributed by atoms with Gasteiger partial charge < -0.3 is 15.0 Å². The summed E-state index contributed by atoms with van der Waals surface area (Å²) in [5.74, 6) is 0. The molecule has 0 spiro atoms. The molecule has 1 rings (SSSR count). The number of benzene rings is 1. The molecule has 0 bridgehead atoms. The predicted molar refractivity (Wildman–Crippen MR) is 74.1 cm³/mol. The van der Waals surface area contributed by atoms with Crippen LogP contribution in [0.4, 0.5) is 18.9 Å². The van der Waals surface area contributed by atoms with Crippen molar-refractivity contribution in [3.05, 3.63) is 29.3 Å². The molecule has 1 aromatic carbocycles. The first kappa shape index (κ1) is 17.3. The Labute approximate surface area is 122 Å². The van der Waals surface area contributed by atoms with Gasteiger partial charge in [-0.15, -0.1) is 0 Å².